The van der Waals surface area contributed by atoms with Crippen molar-refractivity contribution in [3.8, 4) is 0 Å². The zero-order valence-electron chi connectivity index (χ0n) is 7.73. The Morgan fingerprint density at radius 1 is 1.47 bits per heavy atom. The number of nitrogens with two attached hydrogens (primary N) is 1. The highest BCUT2D eigenvalue weighted by molar-refractivity contribution is 5.75. The Bertz CT molecular complexity index is 515. The maximum absolute atomic E-state index is 11.4. The van der Waals surface area contributed by atoms with Gasteiger partial charge in [0.25, 0.3) is 5.56 Å². The molecule has 1 aliphatic rings. The normalized spacial score (nSPS) is 20.3. The van der Waals surface area contributed by atoms with Gasteiger partial charge in [-0.1, -0.05) is 0 Å². The van der Waals surface area contributed by atoms with Crippen molar-refractivity contribution in [2.75, 3.05) is 12.3 Å². The Balaban J connectivity index is 2.53. The molecule has 0 amide bonds. The molecule has 1 aromatic rings. The van der Waals surface area contributed by atoms with E-state index in [1.165, 1.54) is 6.20 Å². The molecule has 1 unspecified atom stereocenters. The molecule has 2 rings (SSSR count). The number of ether oxygens (including phenoxy) is 1. The minimum absolute atomic E-state index is 0.102. The molecule has 0 radical (unpaired) electrons. The molecule has 15 heavy (non-hydrogen) atoms. The van der Waals surface area contributed by atoms with Gasteiger partial charge in [-0.15, -0.1) is 0 Å². The lowest BCUT2D eigenvalue weighted by Gasteiger charge is -2.09. The average Bonchev–Trinajstić information content (AvgIpc) is 2.58. The number of nitrogens with one attached hydrogen (secondary N) is 1. The van der Waals surface area contributed by atoms with Crippen LogP contribution in [0.5, 0.6) is 0 Å². The van der Waals surface area contributed by atoms with Crippen LogP contribution in [0.3, 0.4) is 0 Å². The Morgan fingerprint density at radius 3 is 2.80 bits per heavy atom. The van der Waals surface area contributed by atoms with Crippen LogP contribution in [0.2, 0.25) is 0 Å². The van der Waals surface area contributed by atoms with Crippen LogP contribution in [0, 0.1) is 0 Å². The van der Waals surface area contributed by atoms with Crippen molar-refractivity contribution in [1.29, 1.82) is 0 Å². The first kappa shape index (κ1) is 9.50. The molecule has 1 fully saturated rings. The number of nitrogen functional groups attached to an aromatic ring is 1. The molecular formula is C8H9N3O4. The summed E-state index contributed by atoms with van der Waals surface area (Å²) in [7, 11) is 0. The van der Waals surface area contributed by atoms with Gasteiger partial charge in [-0.2, -0.15) is 0 Å². The summed E-state index contributed by atoms with van der Waals surface area (Å²) in [5.41, 5.74) is 3.94. The lowest BCUT2D eigenvalue weighted by Crippen LogP contribution is -2.34. The minimum Gasteiger partial charge on any atom is -0.464 e. The van der Waals surface area contributed by atoms with Gasteiger partial charge < -0.3 is 10.5 Å². The molecule has 2 heterocycles. The molecule has 1 aromatic heterocycles. The van der Waals surface area contributed by atoms with Crippen molar-refractivity contribution in [1.82, 2.24) is 9.55 Å². The van der Waals surface area contributed by atoms with Gasteiger partial charge in [0, 0.05) is 12.6 Å². The average molecular weight is 211 g/mol. The summed E-state index contributed by atoms with van der Waals surface area (Å²) in [5, 5.41) is 0. The van der Waals surface area contributed by atoms with Crippen LogP contribution in [0.25, 0.3) is 0 Å². The van der Waals surface area contributed by atoms with Gasteiger partial charge in [-0.05, 0) is 0 Å². The first-order valence-corrected chi connectivity index (χ1v) is 4.37. The molecule has 0 spiro atoms. The largest absolute Gasteiger partial charge is 0.464 e. The number of aromatic amines is 1. The lowest BCUT2D eigenvalue weighted by atomic mass is 10.2. The fraction of sp³-hybridized carbons (Fsp3) is 0.375. The number of nitrogens with zero attached hydrogens (tertiary/aromatic N) is 1. The van der Waals surface area contributed by atoms with Gasteiger partial charge in [0.15, 0.2) is 0 Å². The second-order valence-electron chi connectivity index (χ2n) is 3.22. The summed E-state index contributed by atoms with van der Waals surface area (Å²) in [6, 6.07) is -0.684. The van der Waals surface area contributed by atoms with Crippen molar-refractivity contribution >= 4 is 11.7 Å². The van der Waals surface area contributed by atoms with Crippen molar-refractivity contribution in [2.24, 2.45) is 0 Å². The van der Waals surface area contributed by atoms with Crippen molar-refractivity contribution in [2.45, 2.75) is 12.5 Å². The molecule has 7 heteroatoms. The highest BCUT2D eigenvalue weighted by atomic mass is 16.5. The quantitative estimate of drug-likeness (QED) is 0.556. The molecule has 0 saturated carbocycles. The molecular weight excluding hydrogens is 202 g/mol. The summed E-state index contributed by atoms with van der Waals surface area (Å²) >= 11 is 0. The standard InChI is InChI=1S/C8H9N3O4/c9-4-3-11(8(14)10-6(4)12)5-1-2-15-7(5)13/h3,5H,1-2,9H2,(H,10,12,14). The first-order chi connectivity index (χ1) is 7.09. The second-order valence-corrected chi connectivity index (χ2v) is 3.22. The SMILES string of the molecule is Nc1cn(C2CCOC2=O)c(=O)[nH]c1=O. The maximum Gasteiger partial charge on any atom is 0.329 e. The summed E-state index contributed by atoms with van der Waals surface area (Å²) in [5.74, 6) is -0.483. The molecule has 0 aromatic carbocycles. The third-order valence-corrected chi connectivity index (χ3v) is 2.24. The van der Waals surface area contributed by atoms with Crippen LogP contribution in [0.4, 0.5) is 5.69 Å². The van der Waals surface area contributed by atoms with Gasteiger partial charge >= 0.3 is 11.7 Å². The van der Waals surface area contributed by atoms with Gasteiger partial charge in [-0.25, -0.2) is 9.59 Å². The number of rotatable bonds is 1. The molecule has 7 nitrogen and oxygen atoms in total. The Labute approximate surface area is 83.5 Å². The van der Waals surface area contributed by atoms with E-state index in [-0.39, 0.29) is 12.3 Å². The molecule has 1 atom stereocenters. The number of cyclic esters (lactones) is 1. The summed E-state index contributed by atoms with van der Waals surface area (Å²) < 4.78 is 5.80. The summed E-state index contributed by atoms with van der Waals surface area (Å²) in [4.78, 5) is 35.6. The fourth-order valence-electron chi connectivity index (χ4n) is 1.47. The lowest BCUT2D eigenvalue weighted by molar-refractivity contribution is -0.140. The topological polar surface area (TPSA) is 107 Å². The molecule has 1 aliphatic heterocycles. The fourth-order valence-corrected chi connectivity index (χ4v) is 1.47. The van der Waals surface area contributed by atoms with Crippen LogP contribution >= 0.6 is 0 Å². The summed E-state index contributed by atoms with van der Waals surface area (Å²) in [6.07, 6.45) is 1.57. The number of aromatic nitrogens is 2. The van der Waals surface area contributed by atoms with E-state index in [9.17, 15) is 14.4 Å². The zero-order valence-corrected chi connectivity index (χ0v) is 7.73. The van der Waals surface area contributed by atoms with Gasteiger partial charge in [0.2, 0.25) is 0 Å². The smallest absolute Gasteiger partial charge is 0.329 e. The third kappa shape index (κ3) is 1.51. The van der Waals surface area contributed by atoms with Crippen LogP contribution < -0.4 is 17.0 Å². The number of carbonyl (C=O) groups excluding carboxylic acids is 1. The Kier molecular flexibility index (Phi) is 2.07. The predicted octanol–water partition coefficient (Wildman–Crippen LogP) is -1.39. The number of carbonyl (C=O) groups is 1. The van der Waals surface area contributed by atoms with Gasteiger partial charge in [0.1, 0.15) is 11.7 Å². The molecule has 1 saturated heterocycles. The van der Waals surface area contributed by atoms with Gasteiger partial charge in [-0.3, -0.25) is 14.3 Å². The van der Waals surface area contributed by atoms with Crippen LogP contribution in [0.15, 0.2) is 15.8 Å². The van der Waals surface area contributed by atoms with Crippen LogP contribution in [-0.2, 0) is 9.53 Å². The van der Waals surface area contributed by atoms with E-state index in [1.807, 2.05) is 4.98 Å². The minimum atomic E-state index is -0.684. The molecule has 3 N–H and O–H groups in total. The molecule has 0 aliphatic carbocycles. The number of hydrogen-bond acceptors (Lipinski definition) is 5. The van der Waals surface area contributed by atoms with E-state index in [0.717, 1.165) is 4.57 Å². The Hall–Kier alpha value is -2.05. The third-order valence-electron chi connectivity index (χ3n) is 2.24. The molecule has 0 bridgehead atoms. The van der Waals surface area contributed by atoms with Crippen LogP contribution in [0.1, 0.15) is 12.5 Å². The zero-order chi connectivity index (χ0) is 11.0. The van der Waals surface area contributed by atoms with Crippen molar-refractivity contribution < 1.29 is 9.53 Å². The van der Waals surface area contributed by atoms with E-state index in [0.29, 0.717) is 6.42 Å². The second kappa shape index (κ2) is 3.26. The number of anilines is 1. The first-order valence-electron chi connectivity index (χ1n) is 4.37. The highest BCUT2D eigenvalue weighted by Crippen LogP contribution is 2.18. The summed E-state index contributed by atoms with van der Waals surface area (Å²) in [6.45, 7) is 0.273. The van der Waals surface area contributed by atoms with E-state index < -0.39 is 23.3 Å². The molecule has 80 valence electrons. The monoisotopic (exact) mass is 211 g/mol. The van der Waals surface area contributed by atoms with Crippen molar-refractivity contribution in [3.63, 3.8) is 0 Å². The number of hydrogen-bond donors (Lipinski definition) is 2. The van der Waals surface area contributed by atoms with Gasteiger partial charge in [0.05, 0.1) is 6.61 Å². The van der Waals surface area contributed by atoms with Crippen LogP contribution in [-0.4, -0.2) is 22.1 Å². The van der Waals surface area contributed by atoms with E-state index >= 15 is 0 Å². The number of H-pyrrole nitrogens is 1. The van der Waals surface area contributed by atoms with Crippen molar-refractivity contribution in [3.05, 3.63) is 27.0 Å². The number of esters is 1. The predicted molar refractivity (Wildman–Crippen MR) is 50.3 cm³/mol. The van der Waals surface area contributed by atoms with E-state index in [1.54, 1.807) is 0 Å². The van der Waals surface area contributed by atoms with E-state index in [2.05, 4.69) is 0 Å². The Morgan fingerprint density at radius 2 is 2.20 bits per heavy atom. The van der Waals surface area contributed by atoms with E-state index in [4.69, 9.17) is 10.5 Å². The highest BCUT2D eigenvalue weighted by Gasteiger charge is 2.29. The maximum atomic E-state index is 11.4.